The van der Waals surface area contributed by atoms with E-state index < -0.39 is 10.1 Å². The summed E-state index contributed by atoms with van der Waals surface area (Å²) in [6.45, 7) is 4.46. The predicted octanol–water partition coefficient (Wildman–Crippen LogP) is 7.77. The number of unbranched alkanes of at least 4 members (excludes halogenated alkanes) is 12. The molecule has 0 spiro atoms. The van der Waals surface area contributed by atoms with Crippen LogP contribution in [0.4, 0.5) is 0 Å². The Bertz CT molecular complexity index is 912. The van der Waals surface area contributed by atoms with E-state index in [4.69, 9.17) is 0 Å². The van der Waals surface area contributed by atoms with Gasteiger partial charge in [-0.05, 0) is 48.3 Å². The molecule has 0 fully saturated rings. The fraction of sp³-hybridized carbons (Fsp3) is 0.643. The molecule has 188 valence electrons. The fourth-order valence-corrected chi connectivity index (χ4v) is 5.41. The van der Waals surface area contributed by atoms with Gasteiger partial charge in [0.15, 0.2) is 0 Å². The first-order valence-electron chi connectivity index (χ1n) is 13.0. The molecule has 0 heterocycles. The van der Waals surface area contributed by atoms with Crippen LogP contribution in [0.5, 0.6) is 0 Å². The number of benzene rings is 2. The molecule has 0 aromatic heterocycles. The van der Waals surface area contributed by atoms with Crippen LogP contribution in [0.1, 0.15) is 115 Å². The smallest absolute Gasteiger partial charge is 0.870 e. The maximum atomic E-state index is 12.0. The van der Waals surface area contributed by atoms with E-state index in [9.17, 15) is 13.0 Å². The second-order valence-corrected chi connectivity index (χ2v) is 10.6. The molecule has 6 heteroatoms. The summed E-state index contributed by atoms with van der Waals surface area (Å²) >= 11 is 0. The van der Waals surface area contributed by atoms with E-state index in [0.29, 0.717) is 5.39 Å². The van der Waals surface area contributed by atoms with E-state index >= 15 is 0 Å². The van der Waals surface area contributed by atoms with Gasteiger partial charge in [-0.25, -0.2) is 8.42 Å². The van der Waals surface area contributed by atoms with Crippen molar-refractivity contribution in [2.75, 3.05) is 0 Å². The zero-order chi connectivity index (χ0) is 23.2. The number of rotatable bonds is 17. The van der Waals surface area contributed by atoms with Crippen molar-refractivity contribution in [3.05, 3.63) is 41.5 Å². The Hall–Kier alpha value is 0.141. The van der Waals surface area contributed by atoms with Gasteiger partial charge in [-0.3, -0.25) is 0 Å². The molecule has 4 nitrogen and oxygen atoms in total. The third kappa shape index (κ3) is 11.9. The van der Waals surface area contributed by atoms with E-state index in [0.717, 1.165) is 43.1 Å². The van der Waals surface area contributed by atoms with E-state index in [2.05, 4.69) is 13.8 Å². The van der Waals surface area contributed by atoms with Crippen LogP contribution in [0.2, 0.25) is 0 Å². The van der Waals surface area contributed by atoms with E-state index in [1.165, 1.54) is 76.2 Å². The molecular weight excluding hydrogens is 570 g/mol. The van der Waals surface area contributed by atoms with Gasteiger partial charge in [0.1, 0.15) is 10.1 Å². The van der Waals surface area contributed by atoms with Crippen LogP contribution >= 0.6 is 0 Å². The van der Waals surface area contributed by atoms with Crippen LogP contribution in [-0.4, -0.2) is 67.3 Å². The van der Waals surface area contributed by atoms with Crippen LogP contribution in [-0.2, 0) is 23.0 Å². The third-order valence-corrected chi connectivity index (χ3v) is 7.43. The standard InChI is InChI=1S/C28H44O3S.Ba.H2O/c1-3-5-7-9-11-13-15-18-24-22-23-27(32(29,30)31)28-25(20-17-21-26(24)28)19-16-14-12-10-8-6-4-2;;/h17,20-23H,3-16,18-19H2,1-2H3,(H,29,30,31);;1H2/q;+2;/p-2. The van der Waals surface area contributed by atoms with Crippen molar-refractivity contribution in [1.82, 2.24) is 0 Å². The molecule has 0 unspecified atom stereocenters. The fourth-order valence-electron chi connectivity index (χ4n) is 4.69. The normalized spacial score (nSPS) is 11.3. The molecule has 0 aliphatic heterocycles. The van der Waals surface area contributed by atoms with E-state index in [1.54, 1.807) is 6.07 Å². The summed E-state index contributed by atoms with van der Waals surface area (Å²) in [7, 11) is -4.50. The summed E-state index contributed by atoms with van der Waals surface area (Å²) in [6, 6.07) is 9.44. The maximum absolute atomic E-state index is 12.0. The SMILES string of the molecule is CCCCCCCCCc1ccc(S(=O)(=O)[O-])c2c(CCCCCCCCC)cccc12.[Ba+2].[OH-]. The Morgan fingerprint density at radius 1 is 0.647 bits per heavy atom. The molecule has 1 N–H and O–H groups in total. The van der Waals surface area contributed by atoms with Gasteiger partial charge in [-0.15, -0.1) is 0 Å². The molecule has 2 aromatic carbocycles. The summed E-state index contributed by atoms with van der Waals surface area (Å²) in [5.41, 5.74) is 2.18. The second kappa shape index (κ2) is 19.3. The van der Waals surface area contributed by atoms with Gasteiger partial charge in [-0.2, -0.15) is 0 Å². The van der Waals surface area contributed by atoms with Crippen molar-refractivity contribution in [1.29, 1.82) is 0 Å². The van der Waals surface area contributed by atoms with Crippen LogP contribution in [0.25, 0.3) is 10.8 Å². The number of fused-ring (bicyclic) bond motifs is 1. The molecule has 0 aliphatic rings. The number of aryl methyl sites for hydroxylation is 2. The Kier molecular flexibility index (Phi) is 19.4. The molecule has 0 radical (unpaired) electrons. The minimum Gasteiger partial charge on any atom is -0.870 e. The minimum atomic E-state index is -4.50. The van der Waals surface area contributed by atoms with Gasteiger partial charge in [0.2, 0.25) is 0 Å². The van der Waals surface area contributed by atoms with Gasteiger partial charge in [0.25, 0.3) is 0 Å². The molecule has 0 atom stereocenters. The first kappa shape index (κ1) is 34.1. The van der Waals surface area contributed by atoms with Crippen molar-refractivity contribution in [3.8, 4) is 0 Å². The van der Waals surface area contributed by atoms with Crippen LogP contribution in [0, 0.1) is 0 Å². The predicted molar refractivity (Wildman–Crippen MR) is 143 cm³/mol. The third-order valence-electron chi connectivity index (χ3n) is 6.55. The van der Waals surface area contributed by atoms with Crippen LogP contribution < -0.4 is 0 Å². The summed E-state index contributed by atoms with van der Waals surface area (Å²) in [5.74, 6) is 0. The molecule has 0 aliphatic carbocycles. The second-order valence-electron chi connectivity index (χ2n) is 9.26. The average Bonchev–Trinajstić information content (AvgIpc) is 2.77. The first-order chi connectivity index (χ1) is 15.5. The summed E-state index contributed by atoms with van der Waals surface area (Å²) < 4.78 is 36.1. The Morgan fingerprint density at radius 3 is 1.62 bits per heavy atom. The quantitative estimate of drug-likeness (QED) is 0.104. The molecule has 2 rings (SSSR count). The van der Waals surface area contributed by atoms with Gasteiger partial charge >= 0.3 is 48.9 Å². The van der Waals surface area contributed by atoms with Gasteiger partial charge in [0.05, 0.1) is 4.90 Å². The van der Waals surface area contributed by atoms with Crippen molar-refractivity contribution in [2.24, 2.45) is 0 Å². The number of hydrogen-bond acceptors (Lipinski definition) is 4. The van der Waals surface area contributed by atoms with Crippen molar-refractivity contribution < 1.29 is 18.4 Å². The van der Waals surface area contributed by atoms with Crippen molar-refractivity contribution in [3.63, 3.8) is 0 Å². The average molecular weight is 614 g/mol. The molecule has 2 aromatic rings. The van der Waals surface area contributed by atoms with Crippen molar-refractivity contribution in [2.45, 2.75) is 121 Å². The van der Waals surface area contributed by atoms with Gasteiger partial charge in [0, 0.05) is 5.39 Å². The molecule has 0 bridgehead atoms. The summed E-state index contributed by atoms with van der Waals surface area (Å²) in [4.78, 5) is -0.0469. The summed E-state index contributed by atoms with van der Waals surface area (Å²) in [5, 5.41) is 1.63. The Balaban J connectivity index is 0.00000544. The number of hydrogen-bond donors (Lipinski definition) is 0. The molecule has 34 heavy (non-hydrogen) atoms. The van der Waals surface area contributed by atoms with E-state index in [-0.39, 0.29) is 59.3 Å². The van der Waals surface area contributed by atoms with E-state index in [1.807, 2.05) is 24.3 Å². The van der Waals surface area contributed by atoms with Crippen LogP contribution in [0.15, 0.2) is 35.2 Å². The topological polar surface area (TPSA) is 87.2 Å². The minimum absolute atomic E-state index is 0. The molecular formula is C28H44BaO4S. The summed E-state index contributed by atoms with van der Waals surface area (Å²) in [6.07, 6.45) is 19.0. The Labute approximate surface area is 248 Å². The Morgan fingerprint density at radius 2 is 1.12 bits per heavy atom. The molecule has 0 saturated carbocycles. The molecule has 0 saturated heterocycles. The largest absolute Gasteiger partial charge is 2.00 e. The van der Waals surface area contributed by atoms with Crippen LogP contribution in [0.3, 0.4) is 0 Å². The zero-order valence-electron chi connectivity index (χ0n) is 21.5. The van der Waals surface area contributed by atoms with Gasteiger partial charge in [-0.1, -0.05) is 115 Å². The zero-order valence-corrected chi connectivity index (χ0v) is 26.7. The monoisotopic (exact) mass is 614 g/mol. The maximum Gasteiger partial charge on any atom is 2.00 e. The van der Waals surface area contributed by atoms with Gasteiger partial charge < -0.3 is 10.0 Å². The first-order valence-corrected chi connectivity index (χ1v) is 14.4. The van der Waals surface area contributed by atoms with Crippen molar-refractivity contribution >= 4 is 69.8 Å². The molecule has 0 amide bonds.